The zero-order valence-corrected chi connectivity index (χ0v) is 15.3. The largest absolute Gasteiger partial charge is 0.497 e. The van der Waals surface area contributed by atoms with Gasteiger partial charge in [0.2, 0.25) is 11.8 Å². The molecule has 1 aliphatic heterocycles. The molecule has 1 saturated heterocycles. The molecule has 1 aliphatic rings. The quantitative estimate of drug-likeness (QED) is 0.694. The number of rotatable bonds is 7. The van der Waals surface area contributed by atoms with Gasteiger partial charge in [0, 0.05) is 39.6 Å². The van der Waals surface area contributed by atoms with Crippen LogP contribution >= 0.6 is 0 Å². The summed E-state index contributed by atoms with van der Waals surface area (Å²) >= 11 is 0. The minimum absolute atomic E-state index is 0.0550. The van der Waals surface area contributed by atoms with Gasteiger partial charge in [-0.15, -0.1) is 0 Å². The Kier molecular flexibility index (Phi) is 7.25. The first kappa shape index (κ1) is 19.6. The third-order valence-corrected chi connectivity index (χ3v) is 4.25. The molecule has 4 amide bonds. The molecule has 2 rings (SSSR count). The first-order chi connectivity index (χ1) is 12.5. The van der Waals surface area contributed by atoms with Crippen molar-refractivity contribution in [1.82, 2.24) is 20.4 Å². The zero-order chi connectivity index (χ0) is 18.9. The molecule has 0 aromatic heterocycles. The van der Waals surface area contributed by atoms with Crippen LogP contribution in [0.25, 0.3) is 0 Å². The Morgan fingerprint density at radius 1 is 1.27 bits per heavy atom. The predicted octanol–water partition coefficient (Wildman–Crippen LogP) is 0.575. The topological polar surface area (TPSA) is 91.0 Å². The summed E-state index contributed by atoms with van der Waals surface area (Å²) in [6.45, 7) is 1.94. The van der Waals surface area contributed by atoms with E-state index in [-0.39, 0.29) is 24.4 Å². The van der Waals surface area contributed by atoms with Gasteiger partial charge in [0.15, 0.2) is 0 Å². The van der Waals surface area contributed by atoms with Crippen LogP contribution in [-0.4, -0.2) is 68.0 Å². The predicted molar refractivity (Wildman–Crippen MR) is 96.7 cm³/mol. The SMILES string of the molecule is CNC(=O)CCCNC(=O)N1CCN(Cc2cccc(OC)c2)C(=O)C1. The number of piperazine rings is 1. The van der Waals surface area contributed by atoms with Crippen molar-refractivity contribution < 1.29 is 19.1 Å². The number of hydrogen-bond donors (Lipinski definition) is 2. The van der Waals surface area contributed by atoms with E-state index >= 15 is 0 Å². The van der Waals surface area contributed by atoms with Crippen molar-refractivity contribution >= 4 is 17.8 Å². The lowest BCUT2D eigenvalue weighted by molar-refractivity contribution is -0.135. The fourth-order valence-electron chi connectivity index (χ4n) is 2.72. The second-order valence-corrected chi connectivity index (χ2v) is 6.10. The minimum atomic E-state index is -0.267. The molecule has 1 aromatic rings. The van der Waals surface area contributed by atoms with E-state index in [0.29, 0.717) is 39.0 Å². The van der Waals surface area contributed by atoms with Crippen LogP contribution in [0.5, 0.6) is 5.75 Å². The van der Waals surface area contributed by atoms with Crippen LogP contribution in [0.3, 0.4) is 0 Å². The molecule has 2 N–H and O–H groups in total. The average Bonchev–Trinajstić information content (AvgIpc) is 2.66. The molecule has 8 heteroatoms. The van der Waals surface area contributed by atoms with E-state index in [1.807, 2.05) is 24.3 Å². The van der Waals surface area contributed by atoms with Crippen molar-refractivity contribution in [2.24, 2.45) is 0 Å². The number of ether oxygens (including phenoxy) is 1. The molecule has 0 spiro atoms. The lowest BCUT2D eigenvalue weighted by atomic mass is 10.2. The number of hydrogen-bond acceptors (Lipinski definition) is 4. The van der Waals surface area contributed by atoms with Gasteiger partial charge in [-0.2, -0.15) is 0 Å². The van der Waals surface area contributed by atoms with Crippen molar-refractivity contribution in [3.63, 3.8) is 0 Å². The van der Waals surface area contributed by atoms with Crippen molar-refractivity contribution in [1.29, 1.82) is 0 Å². The Hall–Kier alpha value is -2.77. The minimum Gasteiger partial charge on any atom is -0.497 e. The van der Waals surface area contributed by atoms with Crippen LogP contribution in [0.2, 0.25) is 0 Å². The number of amides is 4. The number of carbonyl (C=O) groups excluding carboxylic acids is 3. The monoisotopic (exact) mass is 362 g/mol. The Morgan fingerprint density at radius 2 is 2.08 bits per heavy atom. The van der Waals surface area contributed by atoms with Crippen LogP contribution in [0.4, 0.5) is 4.79 Å². The molecule has 0 radical (unpaired) electrons. The molecular formula is C18H26N4O4. The highest BCUT2D eigenvalue weighted by Gasteiger charge is 2.26. The third kappa shape index (κ3) is 5.65. The van der Waals surface area contributed by atoms with Crippen molar-refractivity contribution in [2.75, 3.05) is 40.3 Å². The van der Waals surface area contributed by atoms with Gasteiger partial charge in [-0.1, -0.05) is 12.1 Å². The Bertz CT molecular complexity index is 650. The molecule has 0 unspecified atom stereocenters. The summed E-state index contributed by atoms with van der Waals surface area (Å²) in [4.78, 5) is 38.9. The van der Waals surface area contributed by atoms with Gasteiger partial charge in [0.1, 0.15) is 12.3 Å². The lowest BCUT2D eigenvalue weighted by Crippen LogP contribution is -2.54. The van der Waals surface area contributed by atoms with Crippen LogP contribution in [0.1, 0.15) is 18.4 Å². The molecule has 1 fully saturated rings. The first-order valence-electron chi connectivity index (χ1n) is 8.67. The number of methoxy groups -OCH3 is 1. The van der Waals surface area contributed by atoms with Crippen LogP contribution < -0.4 is 15.4 Å². The highest BCUT2D eigenvalue weighted by atomic mass is 16.5. The normalized spacial score (nSPS) is 14.2. The fourth-order valence-corrected chi connectivity index (χ4v) is 2.72. The maximum atomic E-state index is 12.3. The summed E-state index contributed by atoms with van der Waals surface area (Å²) in [5.41, 5.74) is 0.991. The number of benzene rings is 1. The van der Waals surface area contributed by atoms with Gasteiger partial charge in [-0.3, -0.25) is 9.59 Å². The Morgan fingerprint density at radius 3 is 2.77 bits per heavy atom. The summed E-state index contributed by atoms with van der Waals surface area (Å²) in [7, 11) is 3.19. The van der Waals surface area contributed by atoms with Gasteiger partial charge in [0.05, 0.1) is 7.11 Å². The summed E-state index contributed by atoms with van der Waals surface area (Å²) in [6.07, 6.45) is 0.930. The first-order valence-corrected chi connectivity index (χ1v) is 8.67. The number of urea groups is 1. The third-order valence-electron chi connectivity index (χ3n) is 4.25. The lowest BCUT2D eigenvalue weighted by Gasteiger charge is -2.34. The van der Waals surface area contributed by atoms with Gasteiger partial charge >= 0.3 is 6.03 Å². The molecule has 0 bridgehead atoms. The Balaban J connectivity index is 1.77. The molecular weight excluding hydrogens is 336 g/mol. The van der Waals surface area contributed by atoms with Gasteiger partial charge in [0.25, 0.3) is 0 Å². The van der Waals surface area contributed by atoms with E-state index in [4.69, 9.17) is 4.74 Å². The maximum absolute atomic E-state index is 12.3. The van der Waals surface area contributed by atoms with E-state index in [0.717, 1.165) is 11.3 Å². The van der Waals surface area contributed by atoms with Gasteiger partial charge < -0.3 is 25.2 Å². The van der Waals surface area contributed by atoms with Gasteiger partial charge in [-0.25, -0.2) is 4.79 Å². The van der Waals surface area contributed by atoms with Crippen molar-refractivity contribution in [3.8, 4) is 5.75 Å². The van der Waals surface area contributed by atoms with Crippen LogP contribution in [0.15, 0.2) is 24.3 Å². The average molecular weight is 362 g/mol. The fraction of sp³-hybridized carbons (Fsp3) is 0.500. The van der Waals surface area contributed by atoms with E-state index in [9.17, 15) is 14.4 Å². The molecule has 26 heavy (non-hydrogen) atoms. The van der Waals surface area contributed by atoms with Crippen molar-refractivity contribution in [3.05, 3.63) is 29.8 Å². The number of nitrogens with one attached hydrogen (secondary N) is 2. The second-order valence-electron chi connectivity index (χ2n) is 6.10. The highest BCUT2D eigenvalue weighted by molar-refractivity contribution is 5.85. The smallest absolute Gasteiger partial charge is 0.317 e. The van der Waals surface area contributed by atoms with E-state index in [1.54, 1.807) is 19.1 Å². The molecule has 8 nitrogen and oxygen atoms in total. The summed E-state index contributed by atoms with van der Waals surface area (Å²) in [5, 5.41) is 5.29. The zero-order valence-electron chi connectivity index (χ0n) is 15.3. The van der Waals surface area contributed by atoms with Gasteiger partial charge in [-0.05, 0) is 24.1 Å². The Labute approximate surface area is 153 Å². The molecule has 1 aromatic carbocycles. The van der Waals surface area contributed by atoms with Crippen LogP contribution in [-0.2, 0) is 16.1 Å². The summed E-state index contributed by atoms with van der Waals surface area (Å²) in [5.74, 6) is 0.616. The van der Waals surface area contributed by atoms with Crippen LogP contribution in [0, 0.1) is 0 Å². The standard InChI is InChI=1S/C18H26N4O4/c1-19-16(23)7-4-8-20-18(25)22-10-9-21(17(24)13-22)12-14-5-3-6-15(11-14)26-2/h3,5-6,11H,4,7-10,12-13H2,1-2H3,(H,19,23)(H,20,25). The van der Waals surface area contributed by atoms with Crippen molar-refractivity contribution in [2.45, 2.75) is 19.4 Å². The molecule has 0 atom stereocenters. The second kappa shape index (κ2) is 9.65. The molecule has 0 saturated carbocycles. The van der Waals surface area contributed by atoms with E-state index in [2.05, 4.69) is 10.6 Å². The van der Waals surface area contributed by atoms with E-state index < -0.39 is 0 Å². The molecule has 1 heterocycles. The molecule has 0 aliphatic carbocycles. The summed E-state index contributed by atoms with van der Waals surface area (Å²) in [6, 6.07) is 7.33. The number of nitrogens with zero attached hydrogens (tertiary/aromatic N) is 2. The highest BCUT2D eigenvalue weighted by Crippen LogP contribution is 2.15. The summed E-state index contributed by atoms with van der Waals surface area (Å²) < 4.78 is 5.20. The maximum Gasteiger partial charge on any atom is 0.317 e. The number of carbonyl (C=O) groups is 3. The molecule has 142 valence electrons. The van der Waals surface area contributed by atoms with E-state index in [1.165, 1.54) is 4.90 Å².